The molecule has 7 heteroatoms. The van der Waals surface area contributed by atoms with Gasteiger partial charge in [0.25, 0.3) is 0 Å². The summed E-state index contributed by atoms with van der Waals surface area (Å²) in [6.45, 7) is 2.21. The molecule has 5 nitrogen and oxygen atoms in total. The van der Waals surface area contributed by atoms with Crippen molar-refractivity contribution in [3.05, 3.63) is 33.8 Å². The van der Waals surface area contributed by atoms with Gasteiger partial charge in [0.05, 0.1) is 0 Å². The summed E-state index contributed by atoms with van der Waals surface area (Å²) < 4.78 is 0. The van der Waals surface area contributed by atoms with Crippen LogP contribution in [0.1, 0.15) is 25.3 Å². The van der Waals surface area contributed by atoms with Crippen LogP contribution in [0.15, 0.2) is 18.2 Å². The highest BCUT2D eigenvalue weighted by Crippen LogP contribution is 2.20. The number of hydrogen-bond donors (Lipinski definition) is 3. The molecule has 1 atom stereocenters. The summed E-state index contributed by atoms with van der Waals surface area (Å²) >= 11 is 11.8. The van der Waals surface area contributed by atoms with Gasteiger partial charge in [-0.1, -0.05) is 42.6 Å². The predicted molar refractivity (Wildman–Crippen MR) is 83.0 cm³/mol. The number of aliphatic carboxylic acids is 1. The minimum Gasteiger partial charge on any atom is -0.480 e. The van der Waals surface area contributed by atoms with E-state index in [0.717, 1.165) is 5.56 Å². The van der Waals surface area contributed by atoms with E-state index in [4.69, 9.17) is 28.3 Å². The molecule has 0 heterocycles. The largest absolute Gasteiger partial charge is 0.480 e. The number of benzene rings is 1. The van der Waals surface area contributed by atoms with Crippen molar-refractivity contribution in [2.24, 2.45) is 0 Å². The Balaban J connectivity index is 2.41. The second kappa shape index (κ2) is 8.74. The first kappa shape index (κ1) is 17.6. The molecule has 1 aromatic carbocycles. The fourth-order valence-corrected chi connectivity index (χ4v) is 2.29. The zero-order valence-electron chi connectivity index (χ0n) is 11.7. The average molecular weight is 333 g/mol. The Bertz CT molecular complexity index is 509. The normalized spacial score (nSPS) is 11.8. The van der Waals surface area contributed by atoms with Gasteiger partial charge in [-0.05, 0) is 30.5 Å². The Morgan fingerprint density at radius 1 is 1.33 bits per heavy atom. The minimum absolute atomic E-state index is 0.353. The van der Waals surface area contributed by atoms with Crippen LogP contribution in [-0.4, -0.2) is 29.7 Å². The van der Waals surface area contributed by atoms with E-state index in [9.17, 15) is 9.59 Å². The summed E-state index contributed by atoms with van der Waals surface area (Å²) in [5.41, 5.74) is 0.865. The maximum atomic E-state index is 11.6. The molecule has 0 aliphatic rings. The maximum absolute atomic E-state index is 11.6. The summed E-state index contributed by atoms with van der Waals surface area (Å²) in [7, 11) is 0. The van der Waals surface area contributed by atoms with E-state index in [2.05, 4.69) is 10.6 Å². The van der Waals surface area contributed by atoms with Gasteiger partial charge in [-0.3, -0.25) is 0 Å². The minimum atomic E-state index is -1.03. The molecule has 0 spiro atoms. The molecule has 2 amide bonds. The molecule has 1 rings (SSSR count). The third-order valence-electron chi connectivity index (χ3n) is 2.88. The van der Waals surface area contributed by atoms with E-state index >= 15 is 0 Å². The molecular formula is C14H18Cl2N2O3. The Morgan fingerprint density at radius 3 is 2.62 bits per heavy atom. The summed E-state index contributed by atoms with van der Waals surface area (Å²) in [6.07, 6.45) is 1.61. The van der Waals surface area contributed by atoms with Crippen molar-refractivity contribution in [2.75, 3.05) is 6.54 Å². The van der Waals surface area contributed by atoms with Gasteiger partial charge in [0.15, 0.2) is 0 Å². The molecule has 0 aliphatic heterocycles. The van der Waals surface area contributed by atoms with Crippen LogP contribution < -0.4 is 10.6 Å². The molecule has 0 aliphatic carbocycles. The average Bonchev–Trinajstić information content (AvgIpc) is 2.40. The molecule has 0 saturated heterocycles. The number of nitrogens with one attached hydrogen (secondary N) is 2. The first-order valence-corrected chi connectivity index (χ1v) is 7.40. The lowest BCUT2D eigenvalue weighted by Crippen LogP contribution is -2.46. The van der Waals surface area contributed by atoms with Crippen LogP contribution >= 0.6 is 23.2 Å². The van der Waals surface area contributed by atoms with Crippen molar-refractivity contribution in [1.29, 1.82) is 0 Å². The highest BCUT2D eigenvalue weighted by atomic mass is 35.5. The van der Waals surface area contributed by atoms with Crippen molar-refractivity contribution >= 4 is 35.2 Å². The van der Waals surface area contributed by atoms with Gasteiger partial charge in [-0.25, -0.2) is 9.59 Å². The Hall–Kier alpha value is -1.46. The number of urea groups is 1. The predicted octanol–water partition coefficient (Wildman–Crippen LogP) is 3.09. The monoisotopic (exact) mass is 332 g/mol. The fraction of sp³-hybridized carbons (Fsp3) is 0.429. The number of amides is 2. The van der Waals surface area contributed by atoms with Gasteiger partial charge in [0, 0.05) is 16.6 Å². The smallest absolute Gasteiger partial charge is 0.326 e. The molecule has 0 unspecified atom stereocenters. The molecule has 0 fully saturated rings. The van der Waals surface area contributed by atoms with Crippen molar-refractivity contribution in [3.8, 4) is 0 Å². The van der Waals surface area contributed by atoms with E-state index in [1.165, 1.54) is 0 Å². The number of halogens is 2. The maximum Gasteiger partial charge on any atom is 0.326 e. The molecule has 0 aromatic heterocycles. The molecule has 116 valence electrons. The van der Waals surface area contributed by atoms with Crippen LogP contribution in [-0.2, 0) is 11.2 Å². The van der Waals surface area contributed by atoms with E-state index in [-0.39, 0.29) is 0 Å². The zero-order valence-corrected chi connectivity index (χ0v) is 13.2. The molecule has 0 bridgehead atoms. The Morgan fingerprint density at radius 2 is 2.05 bits per heavy atom. The van der Waals surface area contributed by atoms with E-state index in [1.807, 2.05) is 6.92 Å². The van der Waals surface area contributed by atoms with Gasteiger partial charge in [-0.15, -0.1) is 0 Å². The summed E-state index contributed by atoms with van der Waals surface area (Å²) in [6, 6.07) is 3.79. The lowest BCUT2D eigenvalue weighted by molar-refractivity contribution is -0.139. The Labute approximate surface area is 133 Å². The standard InChI is InChI=1S/C14H18Cl2N2O3/c1-2-3-12(13(19)20)18-14(21)17-7-6-9-4-5-10(15)8-11(9)16/h4-5,8,12H,2-3,6-7H2,1H3,(H,19,20)(H2,17,18,21)/t12-/m1/s1. The van der Waals surface area contributed by atoms with Gasteiger partial charge < -0.3 is 15.7 Å². The second-order valence-electron chi connectivity index (χ2n) is 4.57. The lowest BCUT2D eigenvalue weighted by Gasteiger charge is -2.14. The van der Waals surface area contributed by atoms with Gasteiger partial charge in [0.2, 0.25) is 0 Å². The highest BCUT2D eigenvalue weighted by Gasteiger charge is 2.18. The molecule has 0 radical (unpaired) electrons. The molecular weight excluding hydrogens is 315 g/mol. The summed E-state index contributed by atoms with van der Waals surface area (Å²) in [5, 5.41) is 15.1. The van der Waals surface area contributed by atoms with E-state index in [0.29, 0.717) is 35.9 Å². The van der Waals surface area contributed by atoms with Crippen molar-refractivity contribution in [2.45, 2.75) is 32.2 Å². The van der Waals surface area contributed by atoms with Crippen molar-refractivity contribution in [1.82, 2.24) is 10.6 Å². The van der Waals surface area contributed by atoms with Gasteiger partial charge in [-0.2, -0.15) is 0 Å². The first-order valence-electron chi connectivity index (χ1n) is 6.65. The van der Waals surface area contributed by atoms with Crippen LogP contribution in [0.4, 0.5) is 4.79 Å². The zero-order chi connectivity index (χ0) is 15.8. The first-order chi connectivity index (χ1) is 9.93. The fourth-order valence-electron chi connectivity index (χ4n) is 1.79. The SMILES string of the molecule is CCC[C@@H](NC(=O)NCCc1ccc(Cl)cc1Cl)C(=O)O. The topological polar surface area (TPSA) is 78.4 Å². The van der Waals surface area contributed by atoms with Crippen LogP contribution in [0.3, 0.4) is 0 Å². The third-order valence-corrected chi connectivity index (χ3v) is 3.46. The third kappa shape index (κ3) is 6.23. The number of carbonyl (C=O) groups excluding carboxylic acids is 1. The van der Waals surface area contributed by atoms with Crippen molar-refractivity contribution < 1.29 is 14.7 Å². The molecule has 1 aromatic rings. The van der Waals surface area contributed by atoms with Crippen LogP contribution in [0, 0.1) is 0 Å². The van der Waals surface area contributed by atoms with Gasteiger partial charge in [0.1, 0.15) is 6.04 Å². The van der Waals surface area contributed by atoms with E-state index < -0.39 is 18.0 Å². The van der Waals surface area contributed by atoms with Crippen LogP contribution in [0.25, 0.3) is 0 Å². The number of rotatable bonds is 7. The van der Waals surface area contributed by atoms with Crippen molar-refractivity contribution in [3.63, 3.8) is 0 Å². The molecule has 3 N–H and O–H groups in total. The quantitative estimate of drug-likeness (QED) is 0.717. The Kier molecular flexibility index (Phi) is 7.32. The number of hydrogen-bond acceptors (Lipinski definition) is 2. The number of carboxylic acid groups (broad SMARTS) is 1. The van der Waals surface area contributed by atoms with Gasteiger partial charge >= 0.3 is 12.0 Å². The number of carbonyl (C=O) groups is 2. The highest BCUT2D eigenvalue weighted by molar-refractivity contribution is 6.35. The lowest BCUT2D eigenvalue weighted by atomic mass is 10.1. The summed E-state index contributed by atoms with van der Waals surface area (Å²) in [4.78, 5) is 22.5. The second-order valence-corrected chi connectivity index (χ2v) is 5.41. The molecule has 21 heavy (non-hydrogen) atoms. The van der Waals surface area contributed by atoms with Crippen LogP contribution in [0.2, 0.25) is 10.0 Å². The summed E-state index contributed by atoms with van der Waals surface area (Å²) in [5.74, 6) is -1.03. The van der Waals surface area contributed by atoms with Crippen LogP contribution in [0.5, 0.6) is 0 Å². The van der Waals surface area contributed by atoms with E-state index in [1.54, 1.807) is 18.2 Å². The molecule has 0 saturated carbocycles. The number of carboxylic acids is 1.